The van der Waals surface area contributed by atoms with E-state index >= 15 is 0 Å². The lowest BCUT2D eigenvalue weighted by atomic mass is 9.97. The molecule has 0 bridgehead atoms. The normalized spacial score (nSPS) is 11.7. The molecule has 3 nitrogen and oxygen atoms in total. The number of rotatable bonds is 5. The molecule has 2 aromatic carbocycles. The van der Waals surface area contributed by atoms with Crippen LogP contribution in [0.25, 0.3) is 0 Å². The molecule has 0 amide bonds. The van der Waals surface area contributed by atoms with E-state index in [1.54, 1.807) is 24.3 Å². The summed E-state index contributed by atoms with van der Waals surface area (Å²) >= 11 is 0. The molecule has 0 N–H and O–H groups in total. The van der Waals surface area contributed by atoms with Gasteiger partial charge in [-0.2, -0.15) is 0 Å². The maximum atomic E-state index is 12.1. The Morgan fingerprint density at radius 3 is 2.10 bits per heavy atom. The van der Waals surface area contributed by atoms with Gasteiger partial charge in [0.15, 0.2) is 0 Å². The third-order valence-electron chi connectivity index (χ3n) is 3.35. The Balaban J connectivity index is 1.99. The molecule has 0 saturated carbocycles. The minimum Gasteiger partial charge on any atom is -0.389 e. The lowest BCUT2D eigenvalue weighted by molar-refractivity contribution is -0.142. The summed E-state index contributed by atoms with van der Waals surface area (Å²) < 4.78 is 4.98. The van der Waals surface area contributed by atoms with E-state index in [1.165, 1.54) is 0 Å². The fourth-order valence-electron chi connectivity index (χ4n) is 2.10. The van der Waals surface area contributed by atoms with E-state index in [4.69, 9.17) is 4.74 Å². The molecule has 0 heterocycles. The molecule has 0 aliphatic heterocycles. The van der Waals surface area contributed by atoms with Crippen LogP contribution in [-0.2, 0) is 16.0 Å². The second-order valence-corrected chi connectivity index (χ2v) is 4.87. The van der Waals surface area contributed by atoms with Crippen molar-refractivity contribution in [1.29, 1.82) is 0 Å². The maximum absolute atomic E-state index is 12.1. The second kappa shape index (κ2) is 7.39. The van der Waals surface area contributed by atoms with Crippen molar-refractivity contribution in [3.63, 3.8) is 0 Å². The van der Waals surface area contributed by atoms with Crippen LogP contribution in [0.5, 0.6) is 0 Å². The molecule has 0 aromatic heterocycles. The predicted molar refractivity (Wildman–Crippen MR) is 80.8 cm³/mol. The quantitative estimate of drug-likeness (QED) is 0.621. The van der Waals surface area contributed by atoms with Gasteiger partial charge >= 0.3 is 11.9 Å². The standard InChI is InChI=1S/C18H18O3/c1-2-15(13-14-9-5-3-6-10-14)17(19)21-18(20)16-11-7-4-8-12-16/h3-12,15H,2,13H2,1H3. The van der Waals surface area contributed by atoms with E-state index in [1.807, 2.05) is 43.3 Å². The van der Waals surface area contributed by atoms with Gasteiger partial charge in [0.25, 0.3) is 0 Å². The summed E-state index contributed by atoms with van der Waals surface area (Å²) in [5.74, 6) is -1.36. The third kappa shape index (κ3) is 4.28. The highest BCUT2D eigenvalue weighted by molar-refractivity contribution is 5.97. The Kier molecular flexibility index (Phi) is 5.27. The highest BCUT2D eigenvalue weighted by atomic mass is 16.6. The first-order chi connectivity index (χ1) is 10.2. The molecule has 0 radical (unpaired) electrons. The Morgan fingerprint density at radius 1 is 0.952 bits per heavy atom. The fraction of sp³-hybridized carbons (Fsp3) is 0.222. The van der Waals surface area contributed by atoms with Gasteiger partial charge < -0.3 is 4.74 Å². The Labute approximate surface area is 124 Å². The molecule has 21 heavy (non-hydrogen) atoms. The summed E-state index contributed by atoms with van der Waals surface area (Å²) in [7, 11) is 0. The monoisotopic (exact) mass is 282 g/mol. The number of hydrogen-bond acceptors (Lipinski definition) is 3. The minimum absolute atomic E-state index is 0.305. The summed E-state index contributed by atoms with van der Waals surface area (Å²) in [6.07, 6.45) is 1.22. The van der Waals surface area contributed by atoms with Crippen LogP contribution in [0.15, 0.2) is 60.7 Å². The van der Waals surface area contributed by atoms with Crippen molar-refractivity contribution in [3.05, 3.63) is 71.8 Å². The molecule has 1 atom stereocenters. The van der Waals surface area contributed by atoms with Crippen molar-refractivity contribution >= 4 is 11.9 Å². The van der Waals surface area contributed by atoms with Gasteiger partial charge in [-0.05, 0) is 30.5 Å². The van der Waals surface area contributed by atoms with Gasteiger partial charge in [0.1, 0.15) is 0 Å². The molecular weight excluding hydrogens is 264 g/mol. The predicted octanol–water partition coefficient (Wildman–Crippen LogP) is 3.64. The van der Waals surface area contributed by atoms with Crippen LogP contribution in [-0.4, -0.2) is 11.9 Å². The van der Waals surface area contributed by atoms with Crippen molar-refractivity contribution in [2.24, 2.45) is 5.92 Å². The van der Waals surface area contributed by atoms with Crippen molar-refractivity contribution in [1.82, 2.24) is 0 Å². The van der Waals surface area contributed by atoms with Gasteiger partial charge in [-0.1, -0.05) is 55.5 Å². The van der Waals surface area contributed by atoms with Crippen LogP contribution in [0.3, 0.4) is 0 Å². The van der Waals surface area contributed by atoms with Crippen LogP contribution in [0.2, 0.25) is 0 Å². The van der Waals surface area contributed by atoms with Crippen molar-refractivity contribution in [3.8, 4) is 0 Å². The van der Waals surface area contributed by atoms with Crippen LogP contribution in [0.1, 0.15) is 29.3 Å². The molecule has 3 heteroatoms. The first-order valence-electron chi connectivity index (χ1n) is 7.05. The van der Waals surface area contributed by atoms with Gasteiger partial charge in [0.05, 0.1) is 11.5 Å². The number of esters is 2. The van der Waals surface area contributed by atoms with Crippen LogP contribution in [0, 0.1) is 5.92 Å². The van der Waals surface area contributed by atoms with Gasteiger partial charge in [-0.15, -0.1) is 0 Å². The summed E-state index contributed by atoms with van der Waals surface area (Å²) in [4.78, 5) is 24.0. The number of carbonyl (C=O) groups is 2. The molecule has 0 spiro atoms. The summed E-state index contributed by atoms with van der Waals surface area (Å²) in [5.41, 5.74) is 1.45. The molecular formula is C18H18O3. The molecule has 2 aromatic rings. The van der Waals surface area contributed by atoms with Crippen LogP contribution < -0.4 is 0 Å². The highest BCUT2D eigenvalue weighted by Gasteiger charge is 2.22. The minimum atomic E-state index is -0.591. The van der Waals surface area contributed by atoms with Gasteiger partial charge in [-0.3, -0.25) is 4.79 Å². The first kappa shape index (κ1) is 15.0. The number of carbonyl (C=O) groups excluding carboxylic acids is 2. The largest absolute Gasteiger partial charge is 0.389 e. The number of hydrogen-bond donors (Lipinski definition) is 0. The average Bonchev–Trinajstić information content (AvgIpc) is 2.54. The van der Waals surface area contributed by atoms with E-state index in [9.17, 15) is 9.59 Å². The SMILES string of the molecule is CCC(Cc1ccccc1)C(=O)OC(=O)c1ccccc1. The molecule has 108 valence electrons. The maximum Gasteiger partial charge on any atom is 0.345 e. The van der Waals surface area contributed by atoms with Crippen molar-refractivity contribution < 1.29 is 14.3 Å². The zero-order chi connectivity index (χ0) is 15.1. The summed E-state index contributed by atoms with van der Waals surface area (Å²) in [5, 5.41) is 0. The van der Waals surface area contributed by atoms with Crippen LogP contribution >= 0.6 is 0 Å². The second-order valence-electron chi connectivity index (χ2n) is 4.87. The average molecular weight is 282 g/mol. The molecule has 0 saturated heterocycles. The van der Waals surface area contributed by atoms with Gasteiger partial charge in [-0.25, -0.2) is 4.79 Å². The van der Waals surface area contributed by atoms with E-state index in [2.05, 4.69) is 0 Å². The lowest BCUT2D eigenvalue weighted by Crippen LogP contribution is -2.22. The van der Waals surface area contributed by atoms with Gasteiger partial charge in [0, 0.05) is 0 Å². The molecule has 2 rings (SSSR count). The zero-order valence-electron chi connectivity index (χ0n) is 12.0. The lowest BCUT2D eigenvalue weighted by Gasteiger charge is -2.13. The van der Waals surface area contributed by atoms with Crippen LogP contribution in [0.4, 0.5) is 0 Å². The summed E-state index contributed by atoms with van der Waals surface area (Å²) in [6.45, 7) is 1.92. The fourth-order valence-corrected chi connectivity index (χ4v) is 2.10. The first-order valence-corrected chi connectivity index (χ1v) is 7.05. The summed E-state index contributed by atoms with van der Waals surface area (Å²) in [6, 6.07) is 18.3. The molecule has 1 unspecified atom stereocenters. The van der Waals surface area contributed by atoms with Crippen molar-refractivity contribution in [2.45, 2.75) is 19.8 Å². The molecule has 0 fully saturated rings. The Hall–Kier alpha value is -2.42. The smallest absolute Gasteiger partial charge is 0.345 e. The van der Waals surface area contributed by atoms with Gasteiger partial charge in [0.2, 0.25) is 0 Å². The van der Waals surface area contributed by atoms with E-state index < -0.39 is 11.9 Å². The highest BCUT2D eigenvalue weighted by Crippen LogP contribution is 2.15. The van der Waals surface area contributed by atoms with E-state index in [0.29, 0.717) is 18.4 Å². The molecule has 0 aliphatic carbocycles. The van der Waals surface area contributed by atoms with E-state index in [0.717, 1.165) is 5.56 Å². The third-order valence-corrected chi connectivity index (χ3v) is 3.35. The zero-order valence-corrected chi connectivity index (χ0v) is 12.0. The Bertz CT molecular complexity index is 590. The van der Waals surface area contributed by atoms with Crippen molar-refractivity contribution in [2.75, 3.05) is 0 Å². The Morgan fingerprint density at radius 2 is 1.52 bits per heavy atom. The number of ether oxygens (including phenoxy) is 1. The topological polar surface area (TPSA) is 43.4 Å². The van der Waals surface area contributed by atoms with E-state index in [-0.39, 0.29) is 5.92 Å². The number of benzene rings is 2. The molecule has 0 aliphatic rings.